The number of hydrogen-bond donors (Lipinski definition) is 2. The van der Waals surface area contributed by atoms with Gasteiger partial charge in [-0.25, -0.2) is 4.98 Å². The summed E-state index contributed by atoms with van der Waals surface area (Å²) in [5.74, 6) is 0.779. The first-order chi connectivity index (χ1) is 10.1. The van der Waals surface area contributed by atoms with Gasteiger partial charge in [0.15, 0.2) is 0 Å². The van der Waals surface area contributed by atoms with Gasteiger partial charge in [-0.1, -0.05) is 13.0 Å². The Kier molecular flexibility index (Phi) is 4.93. The summed E-state index contributed by atoms with van der Waals surface area (Å²) >= 11 is 0. The quantitative estimate of drug-likeness (QED) is 0.865. The van der Waals surface area contributed by atoms with E-state index in [4.69, 9.17) is 0 Å². The van der Waals surface area contributed by atoms with Crippen molar-refractivity contribution in [2.75, 3.05) is 10.6 Å². The number of rotatable bonds is 5. The van der Waals surface area contributed by atoms with Gasteiger partial charge >= 0.3 is 0 Å². The molecule has 0 radical (unpaired) electrons. The van der Waals surface area contributed by atoms with Crippen LogP contribution >= 0.6 is 0 Å². The van der Waals surface area contributed by atoms with E-state index >= 15 is 0 Å². The van der Waals surface area contributed by atoms with Crippen LogP contribution < -0.4 is 10.6 Å². The fraction of sp³-hybridized carbons (Fsp3) is 0.294. The molecule has 2 aromatic rings. The first-order valence-corrected chi connectivity index (χ1v) is 7.18. The fourth-order valence-corrected chi connectivity index (χ4v) is 1.96. The van der Waals surface area contributed by atoms with Crippen molar-refractivity contribution in [1.29, 1.82) is 0 Å². The molecule has 4 heteroatoms. The molecule has 0 aliphatic heterocycles. The van der Waals surface area contributed by atoms with Crippen molar-refractivity contribution in [3.05, 3.63) is 47.7 Å². The van der Waals surface area contributed by atoms with E-state index < -0.39 is 0 Å². The summed E-state index contributed by atoms with van der Waals surface area (Å²) in [4.78, 5) is 15.8. The van der Waals surface area contributed by atoms with Crippen LogP contribution in [0.2, 0.25) is 0 Å². The molecule has 0 saturated heterocycles. The smallest absolute Gasteiger partial charge is 0.224 e. The van der Waals surface area contributed by atoms with Crippen molar-refractivity contribution in [1.82, 2.24) is 4.98 Å². The van der Waals surface area contributed by atoms with Crippen molar-refractivity contribution in [2.24, 2.45) is 0 Å². The first-order valence-electron chi connectivity index (χ1n) is 7.18. The lowest BCUT2D eigenvalue weighted by Gasteiger charge is -2.09. The lowest BCUT2D eigenvalue weighted by molar-refractivity contribution is -0.116. The minimum atomic E-state index is 0.0224. The van der Waals surface area contributed by atoms with Crippen LogP contribution in [0.4, 0.5) is 17.2 Å². The highest BCUT2D eigenvalue weighted by Gasteiger charge is 2.02. The van der Waals surface area contributed by atoms with Gasteiger partial charge in [-0.05, 0) is 55.7 Å². The number of nitrogens with one attached hydrogen (secondary N) is 2. The molecule has 2 N–H and O–H groups in total. The molecule has 1 aromatic heterocycles. The standard InChI is InChI=1S/C17H21N3O/c1-4-5-17(21)20-15-8-9-16(18-11-15)19-14-7-6-12(2)13(3)10-14/h6-11H,4-5H2,1-3H3,(H,18,19)(H,20,21). The maximum absolute atomic E-state index is 11.5. The second-order valence-electron chi connectivity index (χ2n) is 5.15. The van der Waals surface area contributed by atoms with E-state index in [0.717, 1.165) is 23.6 Å². The van der Waals surface area contributed by atoms with Gasteiger partial charge in [-0.3, -0.25) is 4.79 Å². The molecule has 1 aromatic carbocycles. The van der Waals surface area contributed by atoms with Crippen molar-refractivity contribution in [3.8, 4) is 0 Å². The number of nitrogens with zero attached hydrogens (tertiary/aromatic N) is 1. The zero-order chi connectivity index (χ0) is 15.2. The Morgan fingerprint density at radius 1 is 1.10 bits per heavy atom. The minimum Gasteiger partial charge on any atom is -0.340 e. The van der Waals surface area contributed by atoms with Crippen LogP contribution in [0.3, 0.4) is 0 Å². The van der Waals surface area contributed by atoms with Gasteiger partial charge in [0.2, 0.25) is 5.91 Å². The van der Waals surface area contributed by atoms with Crippen molar-refractivity contribution in [2.45, 2.75) is 33.6 Å². The van der Waals surface area contributed by atoms with Gasteiger partial charge in [0.25, 0.3) is 0 Å². The summed E-state index contributed by atoms with van der Waals surface area (Å²) < 4.78 is 0. The monoisotopic (exact) mass is 283 g/mol. The van der Waals surface area contributed by atoms with E-state index in [1.807, 2.05) is 25.1 Å². The zero-order valence-corrected chi connectivity index (χ0v) is 12.7. The molecule has 110 valence electrons. The Balaban J connectivity index is 2.01. The maximum atomic E-state index is 11.5. The molecule has 1 amide bonds. The van der Waals surface area contributed by atoms with Crippen LogP contribution in [0.15, 0.2) is 36.5 Å². The van der Waals surface area contributed by atoms with Crippen LogP contribution in [-0.2, 0) is 4.79 Å². The summed E-state index contributed by atoms with van der Waals surface area (Å²) in [5, 5.41) is 6.08. The third-order valence-corrected chi connectivity index (χ3v) is 3.30. The second kappa shape index (κ2) is 6.88. The third kappa shape index (κ3) is 4.31. The van der Waals surface area contributed by atoms with Gasteiger partial charge < -0.3 is 10.6 Å². The molecule has 0 aliphatic rings. The summed E-state index contributed by atoms with van der Waals surface area (Å²) in [6.45, 7) is 6.15. The summed E-state index contributed by atoms with van der Waals surface area (Å²) in [7, 11) is 0. The summed E-state index contributed by atoms with van der Waals surface area (Å²) in [5.41, 5.74) is 4.23. The SMILES string of the molecule is CCCC(=O)Nc1ccc(Nc2ccc(C)c(C)c2)nc1. The molecule has 0 unspecified atom stereocenters. The number of anilines is 3. The normalized spacial score (nSPS) is 10.2. The molecule has 2 rings (SSSR count). The van der Waals surface area contributed by atoms with Crippen LogP contribution in [0, 0.1) is 13.8 Å². The molecular formula is C17H21N3O. The summed E-state index contributed by atoms with van der Waals surface area (Å²) in [6, 6.07) is 9.91. The Bertz CT molecular complexity index is 620. The highest BCUT2D eigenvalue weighted by Crippen LogP contribution is 2.19. The number of hydrogen-bond acceptors (Lipinski definition) is 3. The van der Waals surface area contributed by atoms with Gasteiger partial charge in [-0.2, -0.15) is 0 Å². The van der Waals surface area contributed by atoms with Gasteiger partial charge in [0.05, 0.1) is 11.9 Å². The van der Waals surface area contributed by atoms with Crippen LogP contribution in [0.25, 0.3) is 0 Å². The molecule has 0 bridgehead atoms. The number of carbonyl (C=O) groups excluding carboxylic acids is 1. The van der Waals surface area contributed by atoms with Crippen LogP contribution in [-0.4, -0.2) is 10.9 Å². The number of aryl methyl sites for hydroxylation is 2. The lowest BCUT2D eigenvalue weighted by Crippen LogP contribution is -2.10. The van der Waals surface area contributed by atoms with Crippen molar-refractivity contribution in [3.63, 3.8) is 0 Å². The molecule has 21 heavy (non-hydrogen) atoms. The van der Waals surface area contributed by atoms with E-state index in [1.165, 1.54) is 11.1 Å². The predicted octanol–water partition coefficient (Wildman–Crippen LogP) is 4.18. The third-order valence-electron chi connectivity index (χ3n) is 3.30. The first kappa shape index (κ1) is 15.0. The fourth-order valence-electron chi connectivity index (χ4n) is 1.96. The highest BCUT2D eigenvalue weighted by molar-refractivity contribution is 5.90. The number of aromatic nitrogens is 1. The molecule has 0 fully saturated rings. The topological polar surface area (TPSA) is 54.0 Å². The molecular weight excluding hydrogens is 262 g/mol. The Labute approximate surface area is 125 Å². The number of carbonyl (C=O) groups is 1. The number of benzene rings is 1. The number of pyridine rings is 1. The lowest BCUT2D eigenvalue weighted by atomic mass is 10.1. The minimum absolute atomic E-state index is 0.0224. The van der Waals surface area contributed by atoms with E-state index in [-0.39, 0.29) is 5.91 Å². The maximum Gasteiger partial charge on any atom is 0.224 e. The Morgan fingerprint density at radius 2 is 1.86 bits per heavy atom. The zero-order valence-electron chi connectivity index (χ0n) is 12.7. The number of amides is 1. The highest BCUT2D eigenvalue weighted by atomic mass is 16.1. The Morgan fingerprint density at radius 3 is 2.48 bits per heavy atom. The average Bonchev–Trinajstić information content (AvgIpc) is 2.45. The van der Waals surface area contributed by atoms with Crippen LogP contribution in [0.1, 0.15) is 30.9 Å². The summed E-state index contributed by atoms with van der Waals surface area (Å²) in [6.07, 6.45) is 3.03. The van der Waals surface area contributed by atoms with Crippen molar-refractivity contribution < 1.29 is 4.79 Å². The van der Waals surface area contributed by atoms with Crippen LogP contribution in [0.5, 0.6) is 0 Å². The predicted molar refractivity (Wildman–Crippen MR) is 87.0 cm³/mol. The van der Waals surface area contributed by atoms with Crippen molar-refractivity contribution >= 4 is 23.1 Å². The Hall–Kier alpha value is -2.36. The molecule has 0 spiro atoms. The molecule has 0 atom stereocenters. The van der Waals surface area contributed by atoms with E-state index in [1.54, 1.807) is 6.20 Å². The second-order valence-corrected chi connectivity index (χ2v) is 5.15. The van der Waals surface area contributed by atoms with E-state index in [9.17, 15) is 4.79 Å². The van der Waals surface area contributed by atoms with Gasteiger partial charge in [0, 0.05) is 12.1 Å². The molecule has 0 saturated carbocycles. The molecule has 0 aliphatic carbocycles. The molecule has 4 nitrogen and oxygen atoms in total. The van der Waals surface area contributed by atoms with Gasteiger partial charge in [0.1, 0.15) is 5.82 Å². The largest absolute Gasteiger partial charge is 0.340 e. The average molecular weight is 283 g/mol. The molecule has 1 heterocycles. The van der Waals surface area contributed by atoms with E-state index in [0.29, 0.717) is 6.42 Å². The van der Waals surface area contributed by atoms with Gasteiger partial charge in [-0.15, -0.1) is 0 Å². The van der Waals surface area contributed by atoms with E-state index in [2.05, 4.69) is 41.6 Å².